The van der Waals surface area contributed by atoms with E-state index in [-0.39, 0.29) is 5.43 Å². The van der Waals surface area contributed by atoms with E-state index in [1.54, 1.807) is 13.4 Å². The summed E-state index contributed by atoms with van der Waals surface area (Å²) in [7, 11) is 1.62. The highest BCUT2D eigenvalue weighted by atomic mass is 16.5. The van der Waals surface area contributed by atoms with Crippen molar-refractivity contribution in [3.63, 3.8) is 0 Å². The SMILES string of the molecule is COc1ccc(-c2coc3c4c(ccc3c2=O)OCN(C2CCCC2)C4)cc1. The Morgan fingerprint density at radius 2 is 1.86 bits per heavy atom. The Labute approximate surface area is 163 Å². The molecule has 1 saturated carbocycles. The van der Waals surface area contributed by atoms with Crippen LogP contribution < -0.4 is 14.9 Å². The maximum atomic E-state index is 13.2. The quantitative estimate of drug-likeness (QED) is 0.670. The lowest BCUT2D eigenvalue weighted by atomic mass is 10.0. The lowest BCUT2D eigenvalue weighted by molar-refractivity contribution is 0.0581. The molecule has 0 N–H and O–H groups in total. The van der Waals surface area contributed by atoms with Crippen molar-refractivity contribution in [1.29, 1.82) is 0 Å². The Hall–Kier alpha value is -2.79. The predicted octanol–water partition coefficient (Wildman–Crippen LogP) is 4.56. The Kier molecular flexibility index (Phi) is 4.32. The molecule has 1 fully saturated rings. The van der Waals surface area contributed by atoms with Crippen LogP contribution in [0.15, 0.2) is 51.9 Å². The number of ether oxygens (including phenoxy) is 2. The van der Waals surface area contributed by atoms with Crippen LogP contribution in [0.4, 0.5) is 0 Å². The van der Waals surface area contributed by atoms with Crippen LogP contribution in [0.1, 0.15) is 31.2 Å². The van der Waals surface area contributed by atoms with Crippen molar-refractivity contribution >= 4 is 11.0 Å². The van der Waals surface area contributed by atoms with E-state index in [1.807, 2.05) is 36.4 Å². The van der Waals surface area contributed by atoms with Crippen LogP contribution in [-0.4, -0.2) is 24.8 Å². The third-order valence-corrected chi connectivity index (χ3v) is 5.99. The van der Waals surface area contributed by atoms with Crippen LogP contribution >= 0.6 is 0 Å². The lowest BCUT2D eigenvalue weighted by Crippen LogP contribution is -2.39. The van der Waals surface area contributed by atoms with Gasteiger partial charge < -0.3 is 13.9 Å². The molecule has 0 bridgehead atoms. The van der Waals surface area contributed by atoms with E-state index >= 15 is 0 Å². The summed E-state index contributed by atoms with van der Waals surface area (Å²) in [6, 6.07) is 11.7. The summed E-state index contributed by atoms with van der Waals surface area (Å²) in [6.45, 7) is 1.37. The van der Waals surface area contributed by atoms with Gasteiger partial charge in [-0.15, -0.1) is 0 Å². The molecule has 2 heterocycles. The third kappa shape index (κ3) is 2.87. The number of rotatable bonds is 3. The number of fused-ring (bicyclic) bond motifs is 3. The van der Waals surface area contributed by atoms with Crippen molar-refractivity contribution in [2.75, 3.05) is 13.8 Å². The zero-order valence-corrected chi connectivity index (χ0v) is 15.9. The standard InChI is InChI=1S/C23H23NO4/c1-26-17-8-6-15(7-9-17)20-13-27-23-18(22(20)25)10-11-21-19(23)12-24(14-28-21)16-4-2-3-5-16/h6-11,13,16H,2-5,12,14H2,1H3. The summed E-state index contributed by atoms with van der Waals surface area (Å²) in [5, 5.41) is 0.601. The van der Waals surface area contributed by atoms with Gasteiger partial charge in [-0.25, -0.2) is 0 Å². The summed E-state index contributed by atoms with van der Waals surface area (Å²) < 4.78 is 17.2. The number of nitrogens with zero attached hydrogens (tertiary/aromatic N) is 1. The largest absolute Gasteiger partial charge is 0.497 e. The molecule has 1 aromatic heterocycles. The number of methoxy groups -OCH3 is 1. The van der Waals surface area contributed by atoms with E-state index in [0.717, 1.165) is 29.2 Å². The van der Waals surface area contributed by atoms with Crippen LogP contribution in [0, 0.1) is 0 Å². The first-order valence-electron chi connectivity index (χ1n) is 9.83. The van der Waals surface area contributed by atoms with E-state index < -0.39 is 0 Å². The van der Waals surface area contributed by atoms with E-state index in [1.165, 1.54) is 25.7 Å². The maximum absolute atomic E-state index is 13.2. The normalized spacial score (nSPS) is 17.5. The molecule has 1 aliphatic carbocycles. The topological polar surface area (TPSA) is 51.9 Å². The van der Waals surface area contributed by atoms with E-state index in [4.69, 9.17) is 13.9 Å². The van der Waals surface area contributed by atoms with Gasteiger partial charge in [0.1, 0.15) is 30.1 Å². The van der Waals surface area contributed by atoms with Crippen LogP contribution in [-0.2, 0) is 6.54 Å². The molecule has 2 aliphatic rings. The fraction of sp³-hybridized carbons (Fsp3) is 0.348. The first-order valence-corrected chi connectivity index (χ1v) is 9.83. The van der Waals surface area contributed by atoms with E-state index in [0.29, 0.717) is 29.3 Å². The van der Waals surface area contributed by atoms with Gasteiger partial charge in [-0.1, -0.05) is 25.0 Å². The summed E-state index contributed by atoms with van der Waals surface area (Å²) in [5.41, 5.74) is 2.97. The smallest absolute Gasteiger partial charge is 0.200 e. The maximum Gasteiger partial charge on any atom is 0.200 e. The first kappa shape index (κ1) is 17.3. The molecule has 0 unspecified atom stereocenters. The van der Waals surface area contributed by atoms with Crippen molar-refractivity contribution in [3.05, 3.63) is 58.4 Å². The molecule has 3 aromatic rings. The average Bonchev–Trinajstić information content (AvgIpc) is 3.28. The summed E-state index contributed by atoms with van der Waals surface area (Å²) >= 11 is 0. The zero-order valence-electron chi connectivity index (χ0n) is 15.9. The summed E-state index contributed by atoms with van der Waals surface area (Å²) in [5.74, 6) is 1.58. The summed E-state index contributed by atoms with van der Waals surface area (Å²) in [6.07, 6.45) is 6.57. The molecule has 0 atom stereocenters. The molecular weight excluding hydrogens is 354 g/mol. The van der Waals surface area contributed by atoms with Gasteiger partial charge >= 0.3 is 0 Å². The second-order valence-electron chi connectivity index (χ2n) is 7.58. The van der Waals surface area contributed by atoms with Gasteiger partial charge in [0.2, 0.25) is 5.43 Å². The average molecular weight is 377 g/mol. The lowest BCUT2D eigenvalue weighted by Gasteiger charge is -2.33. The molecule has 144 valence electrons. The van der Waals surface area contributed by atoms with Crippen molar-refractivity contribution < 1.29 is 13.9 Å². The fourth-order valence-electron chi connectivity index (χ4n) is 4.40. The van der Waals surface area contributed by atoms with Crippen molar-refractivity contribution in [1.82, 2.24) is 4.90 Å². The molecule has 5 nitrogen and oxygen atoms in total. The highest BCUT2D eigenvalue weighted by Crippen LogP contribution is 2.35. The van der Waals surface area contributed by atoms with Gasteiger partial charge in [0.15, 0.2) is 0 Å². The van der Waals surface area contributed by atoms with Gasteiger partial charge in [-0.2, -0.15) is 0 Å². The third-order valence-electron chi connectivity index (χ3n) is 5.99. The predicted molar refractivity (Wildman–Crippen MR) is 108 cm³/mol. The van der Waals surface area contributed by atoms with Crippen LogP contribution in [0.25, 0.3) is 22.1 Å². The molecule has 2 aromatic carbocycles. The molecule has 5 rings (SSSR count). The Morgan fingerprint density at radius 3 is 2.61 bits per heavy atom. The van der Waals surface area contributed by atoms with Crippen molar-refractivity contribution in [2.45, 2.75) is 38.3 Å². The van der Waals surface area contributed by atoms with Gasteiger partial charge in [0.25, 0.3) is 0 Å². The molecule has 0 saturated heterocycles. The Bertz CT molecular complexity index is 1060. The van der Waals surface area contributed by atoms with Crippen LogP contribution in [0.5, 0.6) is 11.5 Å². The van der Waals surface area contributed by atoms with Crippen molar-refractivity contribution in [3.8, 4) is 22.6 Å². The van der Waals surface area contributed by atoms with Crippen molar-refractivity contribution in [2.24, 2.45) is 0 Å². The highest BCUT2D eigenvalue weighted by molar-refractivity contribution is 5.85. The first-order chi connectivity index (χ1) is 13.7. The summed E-state index contributed by atoms with van der Waals surface area (Å²) in [4.78, 5) is 15.5. The minimum atomic E-state index is -0.0211. The van der Waals surface area contributed by atoms with Gasteiger partial charge in [-0.05, 0) is 42.7 Å². The Morgan fingerprint density at radius 1 is 1.07 bits per heavy atom. The minimum Gasteiger partial charge on any atom is -0.497 e. The van der Waals surface area contributed by atoms with Gasteiger partial charge in [0.05, 0.1) is 23.6 Å². The molecule has 1 aliphatic heterocycles. The van der Waals surface area contributed by atoms with Gasteiger partial charge in [-0.3, -0.25) is 9.69 Å². The second-order valence-corrected chi connectivity index (χ2v) is 7.58. The molecule has 0 spiro atoms. The number of hydrogen-bond acceptors (Lipinski definition) is 5. The van der Waals surface area contributed by atoms with E-state index in [2.05, 4.69) is 4.90 Å². The minimum absolute atomic E-state index is 0.0211. The van der Waals surface area contributed by atoms with E-state index in [9.17, 15) is 4.79 Å². The van der Waals surface area contributed by atoms with Crippen LogP contribution in [0.3, 0.4) is 0 Å². The fourth-order valence-corrected chi connectivity index (χ4v) is 4.40. The number of hydrogen-bond donors (Lipinski definition) is 0. The molecular formula is C23H23NO4. The molecule has 0 radical (unpaired) electrons. The molecule has 5 heteroatoms. The Balaban J connectivity index is 1.56. The molecule has 0 amide bonds. The second kappa shape index (κ2) is 6.99. The molecule has 28 heavy (non-hydrogen) atoms. The van der Waals surface area contributed by atoms with Gasteiger partial charge in [0, 0.05) is 12.6 Å². The monoisotopic (exact) mass is 377 g/mol. The number of benzene rings is 2. The highest BCUT2D eigenvalue weighted by Gasteiger charge is 2.29. The van der Waals surface area contributed by atoms with Crippen LogP contribution in [0.2, 0.25) is 0 Å². The zero-order chi connectivity index (χ0) is 19.1.